The molecule has 0 spiro atoms. The molecule has 5 rings (SSSR count). The first-order chi connectivity index (χ1) is 15.3. The maximum Gasteiger partial charge on any atom is 0.224 e. The van der Waals surface area contributed by atoms with E-state index in [9.17, 15) is 0 Å². The fraction of sp³-hybridized carbons (Fsp3) is 0.440. The van der Waals surface area contributed by atoms with E-state index < -0.39 is 0 Å². The molecule has 0 unspecified atom stereocenters. The van der Waals surface area contributed by atoms with Gasteiger partial charge in [0.2, 0.25) is 5.95 Å². The molecule has 2 aliphatic rings. The molecule has 3 aromatic rings. The summed E-state index contributed by atoms with van der Waals surface area (Å²) in [4.78, 5) is 14.1. The Morgan fingerprint density at radius 3 is 2.52 bits per heavy atom. The maximum atomic E-state index is 5.53. The molecule has 0 bridgehead atoms. The second-order valence-corrected chi connectivity index (χ2v) is 8.65. The molecule has 3 heterocycles. The number of hydrogen-bond donors (Lipinski definition) is 1. The second-order valence-electron chi connectivity index (χ2n) is 8.65. The highest BCUT2D eigenvalue weighted by molar-refractivity contribution is 5.91. The van der Waals surface area contributed by atoms with Crippen LogP contribution in [-0.4, -0.2) is 54.2 Å². The molecule has 0 radical (unpaired) electrons. The lowest BCUT2D eigenvalue weighted by Gasteiger charge is -2.39. The Kier molecular flexibility index (Phi) is 5.89. The van der Waals surface area contributed by atoms with Gasteiger partial charge in [0.1, 0.15) is 11.6 Å². The second kappa shape index (κ2) is 9.10. The summed E-state index contributed by atoms with van der Waals surface area (Å²) in [7, 11) is 1.73. The quantitative estimate of drug-likeness (QED) is 0.645. The topological polar surface area (TPSA) is 53.5 Å². The summed E-state index contributed by atoms with van der Waals surface area (Å²) in [6.07, 6.45) is 7.05. The Balaban J connectivity index is 1.20. The van der Waals surface area contributed by atoms with E-state index in [-0.39, 0.29) is 0 Å². The normalized spacial score (nSPS) is 17.9. The van der Waals surface area contributed by atoms with E-state index in [4.69, 9.17) is 9.72 Å². The number of methoxy groups -OCH3 is 1. The highest BCUT2D eigenvalue weighted by Crippen LogP contribution is 2.30. The van der Waals surface area contributed by atoms with Crippen molar-refractivity contribution in [3.8, 4) is 5.75 Å². The van der Waals surface area contributed by atoms with Crippen LogP contribution in [-0.2, 0) is 6.54 Å². The number of aromatic nitrogens is 2. The van der Waals surface area contributed by atoms with Gasteiger partial charge in [-0.15, -0.1) is 0 Å². The Labute approximate surface area is 184 Å². The third-order valence-corrected chi connectivity index (χ3v) is 6.45. The van der Waals surface area contributed by atoms with Gasteiger partial charge in [0.25, 0.3) is 0 Å². The van der Waals surface area contributed by atoms with Crippen LogP contribution in [0.3, 0.4) is 0 Å². The number of benzene rings is 2. The third kappa shape index (κ3) is 4.44. The Hall–Kier alpha value is -2.86. The molecule has 162 valence electrons. The molecule has 1 aromatic heterocycles. The van der Waals surface area contributed by atoms with Gasteiger partial charge in [-0.3, -0.25) is 4.90 Å². The summed E-state index contributed by atoms with van der Waals surface area (Å²) in [6, 6.07) is 15.2. The number of anilines is 2. The summed E-state index contributed by atoms with van der Waals surface area (Å²) >= 11 is 0. The molecule has 1 N–H and O–H groups in total. The number of ether oxygens (including phenoxy) is 1. The van der Waals surface area contributed by atoms with Crippen molar-refractivity contribution in [3.63, 3.8) is 0 Å². The third-order valence-electron chi connectivity index (χ3n) is 6.45. The number of fused-ring (bicyclic) bond motifs is 1. The Morgan fingerprint density at radius 2 is 1.74 bits per heavy atom. The molecule has 0 saturated carbocycles. The monoisotopic (exact) mass is 417 g/mol. The van der Waals surface area contributed by atoms with Gasteiger partial charge in [-0.05, 0) is 35.9 Å². The van der Waals surface area contributed by atoms with Crippen LogP contribution in [0.2, 0.25) is 0 Å². The van der Waals surface area contributed by atoms with E-state index in [1.165, 1.54) is 42.0 Å². The van der Waals surface area contributed by atoms with Crippen molar-refractivity contribution in [1.29, 1.82) is 0 Å². The zero-order valence-electron chi connectivity index (χ0n) is 18.3. The lowest BCUT2D eigenvalue weighted by Crippen LogP contribution is -2.54. The number of rotatable bonds is 6. The van der Waals surface area contributed by atoms with Crippen molar-refractivity contribution >= 4 is 22.5 Å². The first-order valence-electron chi connectivity index (χ1n) is 11.4. The van der Waals surface area contributed by atoms with Crippen molar-refractivity contribution in [2.45, 2.75) is 38.3 Å². The molecule has 2 aromatic carbocycles. The smallest absolute Gasteiger partial charge is 0.224 e. The first kappa shape index (κ1) is 20.1. The van der Waals surface area contributed by atoms with E-state index in [1.54, 1.807) is 7.11 Å². The largest absolute Gasteiger partial charge is 0.496 e. The van der Waals surface area contributed by atoms with Gasteiger partial charge < -0.3 is 15.0 Å². The Bertz CT molecular complexity index is 1030. The first-order valence-corrected chi connectivity index (χ1v) is 11.4. The van der Waals surface area contributed by atoms with Gasteiger partial charge in [-0.2, -0.15) is 4.98 Å². The molecule has 2 saturated heterocycles. The van der Waals surface area contributed by atoms with Crippen LogP contribution in [0.25, 0.3) is 10.8 Å². The molecule has 6 heteroatoms. The number of hydrogen-bond acceptors (Lipinski definition) is 6. The average molecular weight is 418 g/mol. The van der Waals surface area contributed by atoms with Gasteiger partial charge in [0, 0.05) is 44.3 Å². The van der Waals surface area contributed by atoms with Crippen LogP contribution < -0.4 is 15.0 Å². The molecule has 0 amide bonds. The fourth-order valence-electron chi connectivity index (χ4n) is 4.76. The van der Waals surface area contributed by atoms with Crippen molar-refractivity contribution in [3.05, 3.63) is 54.2 Å². The molecule has 0 aliphatic carbocycles. The van der Waals surface area contributed by atoms with Gasteiger partial charge in [0.05, 0.1) is 13.2 Å². The summed E-state index contributed by atoms with van der Waals surface area (Å²) in [6.45, 7) is 5.14. The zero-order valence-corrected chi connectivity index (χ0v) is 18.3. The number of nitrogens with one attached hydrogen (secondary N) is 1. The van der Waals surface area contributed by atoms with Crippen molar-refractivity contribution in [1.82, 2.24) is 14.9 Å². The predicted molar refractivity (Wildman–Crippen MR) is 126 cm³/mol. The predicted octanol–water partition coefficient (Wildman–Crippen LogP) is 4.32. The fourth-order valence-corrected chi connectivity index (χ4v) is 4.76. The molecule has 2 aliphatic heterocycles. The molecule has 0 atom stereocenters. The van der Waals surface area contributed by atoms with E-state index >= 15 is 0 Å². The Morgan fingerprint density at radius 1 is 0.968 bits per heavy atom. The number of likely N-dealkylation sites (tertiary alicyclic amines) is 1. The van der Waals surface area contributed by atoms with Gasteiger partial charge in [0.15, 0.2) is 0 Å². The summed E-state index contributed by atoms with van der Waals surface area (Å²) in [5, 5.41) is 5.98. The highest BCUT2D eigenvalue weighted by Gasteiger charge is 2.27. The van der Waals surface area contributed by atoms with Crippen LogP contribution in [0.15, 0.2) is 48.7 Å². The summed E-state index contributed by atoms with van der Waals surface area (Å²) < 4.78 is 5.53. The molecule has 6 nitrogen and oxygen atoms in total. The number of nitrogens with zero attached hydrogens (tertiary/aromatic N) is 4. The minimum atomic E-state index is 0.392. The molecule has 31 heavy (non-hydrogen) atoms. The lowest BCUT2D eigenvalue weighted by molar-refractivity contribution is 0.153. The SMILES string of the molecule is COc1ccc(CN2CC(Nc3nccc(N4CCCCCC4)n3)C2)c2ccccc12. The zero-order chi connectivity index (χ0) is 21.0. The van der Waals surface area contributed by atoms with Crippen molar-refractivity contribution in [2.24, 2.45) is 0 Å². The average Bonchev–Trinajstić information content (AvgIpc) is 3.07. The maximum absolute atomic E-state index is 5.53. The van der Waals surface area contributed by atoms with E-state index in [1.807, 2.05) is 12.3 Å². The van der Waals surface area contributed by atoms with Crippen molar-refractivity contribution < 1.29 is 4.74 Å². The molecular weight excluding hydrogens is 386 g/mol. The highest BCUT2D eigenvalue weighted by atomic mass is 16.5. The van der Waals surface area contributed by atoms with E-state index in [2.05, 4.69) is 56.5 Å². The van der Waals surface area contributed by atoms with Crippen LogP contribution in [0, 0.1) is 0 Å². The molecular formula is C25H31N5O. The van der Waals surface area contributed by atoms with Crippen LogP contribution in [0.1, 0.15) is 31.2 Å². The van der Waals surface area contributed by atoms with Crippen LogP contribution >= 0.6 is 0 Å². The summed E-state index contributed by atoms with van der Waals surface area (Å²) in [5.74, 6) is 2.74. The van der Waals surface area contributed by atoms with Crippen LogP contribution in [0.5, 0.6) is 5.75 Å². The van der Waals surface area contributed by atoms with Gasteiger partial charge >= 0.3 is 0 Å². The standard InChI is InChI=1S/C25H31N5O/c1-31-23-11-10-19(21-8-4-5-9-22(21)23)16-29-17-20(18-29)27-25-26-13-12-24(28-25)30-14-6-2-3-7-15-30/h4-5,8-13,20H,2-3,6-7,14-18H2,1H3,(H,26,27,28). The van der Waals surface area contributed by atoms with E-state index in [0.29, 0.717) is 6.04 Å². The minimum absolute atomic E-state index is 0.392. The molecule has 2 fully saturated rings. The van der Waals surface area contributed by atoms with Crippen molar-refractivity contribution in [2.75, 3.05) is 43.5 Å². The van der Waals surface area contributed by atoms with E-state index in [0.717, 1.165) is 50.2 Å². The minimum Gasteiger partial charge on any atom is -0.496 e. The summed E-state index contributed by atoms with van der Waals surface area (Å²) in [5.41, 5.74) is 1.34. The lowest BCUT2D eigenvalue weighted by atomic mass is 10.0. The van der Waals surface area contributed by atoms with Gasteiger partial charge in [-0.25, -0.2) is 4.98 Å². The van der Waals surface area contributed by atoms with Gasteiger partial charge in [-0.1, -0.05) is 43.2 Å². The van der Waals surface area contributed by atoms with Crippen LogP contribution in [0.4, 0.5) is 11.8 Å².